The van der Waals surface area contributed by atoms with Crippen molar-refractivity contribution in [2.45, 2.75) is 6.42 Å². The lowest BCUT2D eigenvalue weighted by Gasteiger charge is -2.16. The van der Waals surface area contributed by atoms with Gasteiger partial charge in [0, 0.05) is 13.0 Å². The zero-order valence-electron chi connectivity index (χ0n) is 16.9. The fourth-order valence-corrected chi connectivity index (χ4v) is 3.85. The highest BCUT2D eigenvalue weighted by Crippen LogP contribution is 2.33. The highest BCUT2D eigenvalue weighted by Gasteiger charge is 2.32. The Kier molecular flexibility index (Phi) is 4.28. The fraction of sp³-hybridized carbons (Fsp3) is 0.125. The van der Waals surface area contributed by atoms with Gasteiger partial charge in [-0.15, -0.1) is 0 Å². The highest BCUT2D eigenvalue weighted by molar-refractivity contribution is 6.18. The van der Waals surface area contributed by atoms with Gasteiger partial charge in [-0.05, 0) is 48.0 Å². The molecule has 2 aliphatic rings. The van der Waals surface area contributed by atoms with Gasteiger partial charge in [0.05, 0.1) is 17.3 Å². The molecule has 0 aliphatic carbocycles. The van der Waals surface area contributed by atoms with Gasteiger partial charge < -0.3 is 18.9 Å². The molecule has 0 radical (unpaired) electrons. The monoisotopic (exact) mass is 426 g/mol. The Balaban J connectivity index is 1.29. The molecule has 0 bridgehead atoms. The molecule has 0 saturated carbocycles. The first-order chi connectivity index (χ1) is 15.7. The molecule has 1 amide bonds. The van der Waals surface area contributed by atoms with E-state index in [1.165, 1.54) is 0 Å². The lowest BCUT2D eigenvalue weighted by atomic mass is 10.1. The Morgan fingerprint density at radius 1 is 1.06 bits per heavy atom. The topological polar surface area (TPSA) is 92.9 Å². The average molecular weight is 426 g/mol. The molecule has 8 nitrogen and oxygen atoms in total. The number of para-hydroxylation sites is 2. The molecule has 8 heteroatoms. The number of hydrogen-bond donors (Lipinski definition) is 1. The van der Waals surface area contributed by atoms with E-state index in [0.29, 0.717) is 41.8 Å². The number of amidine groups is 1. The second-order valence-corrected chi connectivity index (χ2v) is 7.46. The van der Waals surface area contributed by atoms with Crippen molar-refractivity contribution >= 4 is 28.9 Å². The second kappa shape index (κ2) is 7.42. The number of aromatic amines is 1. The standard InChI is InChI=1S/C24H18N4O4/c29-24-18(12-15-7-8-19-21(13-15)32-14-31-19)27-23(20-6-3-11-30-20)28(24)10-9-22-25-16-4-1-2-5-17(16)26-22/h1-8,11-13H,9-10,14H2,(H,25,26)/b18-12-. The van der Waals surface area contributed by atoms with E-state index in [2.05, 4.69) is 15.0 Å². The van der Waals surface area contributed by atoms with Crippen LogP contribution in [0.5, 0.6) is 11.5 Å². The maximum atomic E-state index is 13.3. The molecule has 2 aromatic carbocycles. The lowest BCUT2D eigenvalue weighted by Crippen LogP contribution is -2.34. The first-order valence-electron chi connectivity index (χ1n) is 10.2. The van der Waals surface area contributed by atoms with Crippen molar-refractivity contribution in [3.63, 3.8) is 0 Å². The van der Waals surface area contributed by atoms with Gasteiger partial charge in [0.15, 0.2) is 23.1 Å². The average Bonchev–Trinajstić information content (AvgIpc) is 3.59. The molecular formula is C24H18N4O4. The van der Waals surface area contributed by atoms with Crippen molar-refractivity contribution in [1.29, 1.82) is 0 Å². The molecule has 1 N–H and O–H groups in total. The number of H-pyrrole nitrogens is 1. The van der Waals surface area contributed by atoms with Gasteiger partial charge in [-0.1, -0.05) is 18.2 Å². The van der Waals surface area contributed by atoms with E-state index in [1.807, 2.05) is 42.5 Å². The molecule has 0 unspecified atom stereocenters. The molecule has 0 atom stereocenters. The van der Waals surface area contributed by atoms with Crippen molar-refractivity contribution in [1.82, 2.24) is 14.9 Å². The van der Waals surface area contributed by atoms with Crippen LogP contribution in [0, 0.1) is 0 Å². The molecule has 0 saturated heterocycles. The minimum Gasteiger partial charge on any atom is -0.461 e. The molecule has 158 valence electrons. The van der Waals surface area contributed by atoms with Gasteiger partial charge in [-0.2, -0.15) is 0 Å². The van der Waals surface area contributed by atoms with Crippen LogP contribution in [0.4, 0.5) is 0 Å². The number of amides is 1. The van der Waals surface area contributed by atoms with Crippen LogP contribution in [0.3, 0.4) is 0 Å². The van der Waals surface area contributed by atoms with Gasteiger partial charge in [0.2, 0.25) is 6.79 Å². The summed E-state index contributed by atoms with van der Waals surface area (Å²) in [5.74, 6) is 3.00. The number of aromatic nitrogens is 2. The number of furan rings is 1. The summed E-state index contributed by atoms with van der Waals surface area (Å²) in [6.45, 7) is 0.612. The van der Waals surface area contributed by atoms with Crippen molar-refractivity contribution in [2.75, 3.05) is 13.3 Å². The molecule has 4 heterocycles. The minimum atomic E-state index is -0.190. The molecule has 0 spiro atoms. The molecular weight excluding hydrogens is 408 g/mol. The number of benzene rings is 2. The Bertz CT molecular complexity index is 1350. The number of fused-ring (bicyclic) bond motifs is 2. The summed E-state index contributed by atoms with van der Waals surface area (Å²) in [6, 6.07) is 16.9. The summed E-state index contributed by atoms with van der Waals surface area (Å²) >= 11 is 0. The lowest BCUT2D eigenvalue weighted by molar-refractivity contribution is -0.122. The zero-order chi connectivity index (χ0) is 21.5. The summed E-state index contributed by atoms with van der Waals surface area (Å²) in [5.41, 5.74) is 3.01. The number of carbonyl (C=O) groups is 1. The number of hydrogen-bond acceptors (Lipinski definition) is 6. The molecule has 2 aromatic heterocycles. The van der Waals surface area contributed by atoms with Gasteiger partial charge >= 0.3 is 0 Å². The van der Waals surface area contributed by atoms with Crippen molar-refractivity contribution in [3.8, 4) is 11.5 Å². The summed E-state index contributed by atoms with van der Waals surface area (Å²) in [6.07, 6.45) is 3.87. The maximum absolute atomic E-state index is 13.3. The number of aliphatic imine (C=N–C) groups is 1. The van der Waals surface area contributed by atoms with Crippen molar-refractivity contribution < 1.29 is 18.7 Å². The Morgan fingerprint density at radius 3 is 2.84 bits per heavy atom. The summed E-state index contributed by atoms with van der Waals surface area (Å²) in [4.78, 5) is 27.4. The van der Waals surface area contributed by atoms with Gasteiger partial charge in [0.25, 0.3) is 5.91 Å². The van der Waals surface area contributed by atoms with Gasteiger partial charge in [-0.3, -0.25) is 9.69 Å². The van der Waals surface area contributed by atoms with E-state index in [0.717, 1.165) is 22.4 Å². The summed E-state index contributed by atoms with van der Waals surface area (Å²) < 4.78 is 16.3. The third kappa shape index (κ3) is 3.22. The molecule has 32 heavy (non-hydrogen) atoms. The predicted molar refractivity (Wildman–Crippen MR) is 117 cm³/mol. The molecule has 6 rings (SSSR count). The number of imidazole rings is 1. The van der Waals surface area contributed by atoms with Gasteiger partial charge in [-0.25, -0.2) is 9.98 Å². The molecule has 4 aromatic rings. The highest BCUT2D eigenvalue weighted by atomic mass is 16.7. The van der Waals surface area contributed by atoms with Crippen LogP contribution in [0.15, 0.2) is 76.0 Å². The third-order valence-electron chi connectivity index (χ3n) is 5.40. The number of carbonyl (C=O) groups excluding carboxylic acids is 1. The van der Waals surface area contributed by atoms with Crippen LogP contribution < -0.4 is 9.47 Å². The third-order valence-corrected chi connectivity index (χ3v) is 5.40. The van der Waals surface area contributed by atoms with Crippen molar-refractivity contribution in [2.24, 2.45) is 4.99 Å². The largest absolute Gasteiger partial charge is 0.461 e. The van der Waals surface area contributed by atoms with Crippen LogP contribution in [-0.4, -0.2) is 39.9 Å². The first-order valence-corrected chi connectivity index (χ1v) is 10.2. The maximum Gasteiger partial charge on any atom is 0.278 e. The van der Waals surface area contributed by atoms with Crippen molar-refractivity contribution in [3.05, 3.63) is 83.7 Å². The van der Waals surface area contributed by atoms with Crippen LogP contribution in [0.25, 0.3) is 17.1 Å². The van der Waals surface area contributed by atoms with Crippen LogP contribution >= 0.6 is 0 Å². The van der Waals surface area contributed by atoms with E-state index in [9.17, 15) is 4.79 Å². The van der Waals surface area contributed by atoms with E-state index < -0.39 is 0 Å². The van der Waals surface area contributed by atoms with E-state index in [1.54, 1.807) is 29.4 Å². The Labute approximate surface area is 182 Å². The van der Waals surface area contributed by atoms with E-state index >= 15 is 0 Å². The molecule has 2 aliphatic heterocycles. The fourth-order valence-electron chi connectivity index (χ4n) is 3.85. The summed E-state index contributed by atoms with van der Waals surface area (Å²) in [7, 11) is 0. The van der Waals surface area contributed by atoms with Crippen LogP contribution in [-0.2, 0) is 11.2 Å². The number of nitrogens with zero attached hydrogens (tertiary/aromatic N) is 3. The number of nitrogens with one attached hydrogen (secondary N) is 1. The Hall–Kier alpha value is -4.33. The number of rotatable bonds is 5. The van der Waals surface area contributed by atoms with Gasteiger partial charge in [0.1, 0.15) is 11.5 Å². The van der Waals surface area contributed by atoms with Crippen LogP contribution in [0.2, 0.25) is 0 Å². The second-order valence-electron chi connectivity index (χ2n) is 7.46. The Morgan fingerprint density at radius 2 is 1.97 bits per heavy atom. The first kappa shape index (κ1) is 18.4. The zero-order valence-corrected chi connectivity index (χ0v) is 16.9. The number of ether oxygens (including phenoxy) is 2. The minimum absolute atomic E-state index is 0.190. The van der Waals surface area contributed by atoms with E-state index in [-0.39, 0.29) is 12.7 Å². The van der Waals surface area contributed by atoms with Crippen LogP contribution in [0.1, 0.15) is 17.1 Å². The predicted octanol–water partition coefficient (Wildman–Crippen LogP) is 3.76. The SMILES string of the molecule is O=C1/C(=C/c2ccc3c(c2)OCO3)N=C(c2ccco2)N1CCc1nc2ccccc2[nH]1. The summed E-state index contributed by atoms with van der Waals surface area (Å²) in [5, 5.41) is 0. The molecule has 0 fully saturated rings. The quantitative estimate of drug-likeness (QED) is 0.491. The smallest absolute Gasteiger partial charge is 0.278 e. The van der Waals surface area contributed by atoms with E-state index in [4.69, 9.17) is 13.9 Å². The normalized spacial score (nSPS) is 16.4.